The maximum Gasteiger partial charge on any atom is 0.219 e. The van der Waals surface area contributed by atoms with Crippen LogP contribution in [0.3, 0.4) is 0 Å². The number of hydrogen-bond donors (Lipinski definition) is 3. The fourth-order valence-corrected chi connectivity index (χ4v) is 1.37. The number of amidine groups is 1. The summed E-state index contributed by atoms with van der Waals surface area (Å²) in [6.07, 6.45) is 1.27. The van der Waals surface area contributed by atoms with E-state index < -0.39 is 0 Å². The summed E-state index contributed by atoms with van der Waals surface area (Å²) < 4.78 is 0. The van der Waals surface area contributed by atoms with Crippen LogP contribution in [0.5, 0.6) is 0 Å². The van der Waals surface area contributed by atoms with Crippen LogP contribution in [0.15, 0.2) is 29.4 Å². The number of nitrogens with one attached hydrogen (secondary N) is 1. The molecule has 17 heavy (non-hydrogen) atoms. The maximum atomic E-state index is 11.0. The van der Waals surface area contributed by atoms with Gasteiger partial charge in [0.15, 0.2) is 5.84 Å². The van der Waals surface area contributed by atoms with Crippen molar-refractivity contribution in [3.8, 4) is 0 Å². The Morgan fingerprint density at radius 3 is 2.59 bits per heavy atom. The third-order valence-electron chi connectivity index (χ3n) is 2.41. The molecule has 0 saturated carbocycles. The first-order chi connectivity index (χ1) is 8.17. The van der Waals surface area contributed by atoms with E-state index >= 15 is 0 Å². The van der Waals surface area contributed by atoms with Gasteiger partial charge in [0.05, 0.1) is 0 Å². The topological polar surface area (TPSA) is 87.7 Å². The van der Waals surface area contributed by atoms with Crippen LogP contribution in [0, 0.1) is 0 Å². The highest BCUT2D eigenvalue weighted by atomic mass is 16.4. The minimum atomic E-state index is 0.0540. The van der Waals surface area contributed by atoms with Crippen molar-refractivity contribution in [2.45, 2.75) is 19.8 Å². The van der Waals surface area contributed by atoms with Gasteiger partial charge in [-0.1, -0.05) is 36.3 Å². The van der Waals surface area contributed by atoms with Gasteiger partial charge in [0.2, 0.25) is 5.91 Å². The average Bonchev–Trinajstić information content (AvgIpc) is 2.38. The van der Waals surface area contributed by atoms with Crippen LogP contribution in [0.1, 0.15) is 24.5 Å². The molecule has 1 aromatic rings. The Morgan fingerprint density at radius 1 is 1.41 bits per heavy atom. The number of oxime groups is 1. The zero-order chi connectivity index (χ0) is 12.7. The molecule has 0 aliphatic heterocycles. The summed E-state index contributed by atoms with van der Waals surface area (Å²) in [4.78, 5) is 11.0. The molecule has 0 aromatic heterocycles. The van der Waals surface area contributed by atoms with Gasteiger partial charge in [0, 0.05) is 18.5 Å². The van der Waals surface area contributed by atoms with Crippen molar-refractivity contribution >= 4 is 11.7 Å². The minimum absolute atomic E-state index is 0.0540. The Labute approximate surface area is 100 Å². The summed E-state index contributed by atoms with van der Waals surface area (Å²) in [6.45, 7) is 2.44. The van der Waals surface area contributed by atoms with E-state index in [9.17, 15) is 4.79 Å². The van der Waals surface area contributed by atoms with E-state index in [1.54, 1.807) is 12.1 Å². The molecule has 1 aromatic carbocycles. The monoisotopic (exact) mass is 235 g/mol. The smallest absolute Gasteiger partial charge is 0.219 e. The Bertz CT molecular complexity index is 399. The molecule has 5 heteroatoms. The third-order valence-corrected chi connectivity index (χ3v) is 2.41. The molecule has 0 spiro atoms. The van der Waals surface area contributed by atoms with Crippen LogP contribution in [0.4, 0.5) is 0 Å². The average molecular weight is 235 g/mol. The van der Waals surface area contributed by atoms with Crippen LogP contribution < -0.4 is 11.1 Å². The predicted octanol–water partition coefficient (Wildman–Crippen LogP) is 0.850. The maximum absolute atomic E-state index is 11.0. The highest BCUT2D eigenvalue weighted by Crippen LogP contribution is 2.04. The van der Waals surface area contributed by atoms with Crippen molar-refractivity contribution in [2.24, 2.45) is 10.9 Å². The second kappa shape index (κ2) is 6.52. The van der Waals surface area contributed by atoms with Crippen molar-refractivity contribution in [3.05, 3.63) is 35.4 Å². The second-order valence-corrected chi connectivity index (χ2v) is 3.64. The Kier molecular flexibility index (Phi) is 5.00. The molecule has 0 unspecified atom stereocenters. The molecule has 0 fully saturated rings. The molecule has 0 aliphatic carbocycles. The van der Waals surface area contributed by atoms with Gasteiger partial charge in [-0.3, -0.25) is 4.79 Å². The lowest BCUT2D eigenvalue weighted by Gasteiger charge is -2.04. The lowest BCUT2D eigenvalue weighted by Crippen LogP contribution is -2.24. The molecule has 0 atom stereocenters. The standard InChI is InChI=1S/C12H17N3O2/c1-2-11(16)14-8-7-9-3-5-10(6-4-9)12(13)15-17/h3-6,17H,2,7-8H2,1H3,(H2,13,15)(H,14,16). The SMILES string of the molecule is CCC(=O)NCCc1ccc(/C(N)=N/O)cc1. The van der Waals surface area contributed by atoms with E-state index in [1.807, 2.05) is 19.1 Å². The number of nitrogens with zero attached hydrogens (tertiary/aromatic N) is 1. The van der Waals surface area contributed by atoms with Crippen LogP contribution in [0.2, 0.25) is 0 Å². The number of rotatable bonds is 5. The fourth-order valence-electron chi connectivity index (χ4n) is 1.37. The van der Waals surface area contributed by atoms with Gasteiger partial charge in [0.25, 0.3) is 0 Å². The summed E-state index contributed by atoms with van der Waals surface area (Å²) in [6, 6.07) is 7.36. The molecule has 0 radical (unpaired) electrons. The molecular formula is C12H17N3O2. The summed E-state index contributed by atoms with van der Waals surface area (Å²) in [5.41, 5.74) is 7.21. The molecule has 5 nitrogen and oxygen atoms in total. The van der Waals surface area contributed by atoms with E-state index in [1.165, 1.54) is 0 Å². The van der Waals surface area contributed by atoms with Gasteiger partial charge in [-0.15, -0.1) is 0 Å². The van der Waals surface area contributed by atoms with Gasteiger partial charge in [-0.25, -0.2) is 0 Å². The molecule has 0 heterocycles. The van der Waals surface area contributed by atoms with Crippen LogP contribution >= 0.6 is 0 Å². The first-order valence-corrected chi connectivity index (χ1v) is 5.51. The van der Waals surface area contributed by atoms with E-state index in [2.05, 4.69) is 10.5 Å². The van der Waals surface area contributed by atoms with Gasteiger partial charge in [-0.2, -0.15) is 0 Å². The molecule has 0 saturated heterocycles. The van der Waals surface area contributed by atoms with Gasteiger partial charge >= 0.3 is 0 Å². The van der Waals surface area contributed by atoms with Crippen LogP contribution in [0.25, 0.3) is 0 Å². The molecular weight excluding hydrogens is 218 g/mol. The summed E-state index contributed by atoms with van der Waals surface area (Å²) in [7, 11) is 0. The fraction of sp³-hybridized carbons (Fsp3) is 0.333. The molecule has 1 amide bonds. The Morgan fingerprint density at radius 2 is 2.06 bits per heavy atom. The van der Waals surface area contributed by atoms with Crippen molar-refractivity contribution in [1.82, 2.24) is 5.32 Å². The molecule has 0 bridgehead atoms. The van der Waals surface area contributed by atoms with Crippen LogP contribution in [-0.4, -0.2) is 23.5 Å². The van der Waals surface area contributed by atoms with Gasteiger partial charge < -0.3 is 16.3 Å². The molecule has 92 valence electrons. The first kappa shape index (κ1) is 13.0. The second-order valence-electron chi connectivity index (χ2n) is 3.64. The lowest BCUT2D eigenvalue weighted by molar-refractivity contribution is -0.120. The van der Waals surface area contributed by atoms with E-state index in [4.69, 9.17) is 10.9 Å². The highest BCUT2D eigenvalue weighted by Gasteiger charge is 2.00. The number of hydrogen-bond acceptors (Lipinski definition) is 3. The zero-order valence-electron chi connectivity index (χ0n) is 9.81. The largest absolute Gasteiger partial charge is 0.409 e. The van der Waals surface area contributed by atoms with Crippen molar-refractivity contribution in [1.29, 1.82) is 0 Å². The van der Waals surface area contributed by atoms with Crippen LogP contribution in [-0.2, 0) is 11.2 Å². The van der Waals surface area contributed by atoms with E-state index in [0.717, 1.165) is 12.0 Å². The summed E-state index contributed by atoms with van der Waals surface area (Å²) in [5.74, 6) is 0.147. The quantitative estimate of drug-likeness (QED) is 0.306. The van der Waals surface area contributed by atoms with Crippen molar-refractivity contribution in [2.75, 3.05) is 6.54 Å². The molecule has 0 aliphatic rings. The first-order valence-electron chi connectivity index (χ1n) is 5.51. The van der Waals surface area contributed by atoms with Crippen molar-refractivity contribution < 1.29 is 10.0 Å². The summed E-state index contributed by atoms with van der Waals surface area (Å²) >= 11 is 0. The molecule has 4 N–H and O–H groups in total. The predicted molar refractivity (Wildman–Crippen MR) is 66.0 cm³/mol. The number of benzene rings is 1. The minimum Gasteiger partial charge on any atom is -0.409 e. The summed E-state index contributed by atoms with van der Waals surface area (Å²) in [5, 5.41) is 14.2. The Hall–Kier alpha value is -2.04. The van der Waals surface area contributed by atoms with E-state index in [-0.39, 0.29) is 11.7 Å². The number of carbonyl (C=O) groups is 1. The lowest BCUT2D eigenvalue weighted by atomic mass is 10.1. The molecule has 1 rings (SSSR count). The highest BCUT2D eigenvalue weighted by molar-refractivity contribution is 5.96. The van der Waals surface area contributed by atoms with Crippen molar-refractivity contribution in [3.63, 3.8) is 0 Å². The van der Waals surface area contributed by atoms with Gasteiger partial charge in [0.1, 0.15) is 0 Å². The van der Waals surface area contributed by atoms with E-state index in [0.29, 0.717) is 18.5 Å². The number of amides is 1. The normalized spacial score (nSPS) is 11.2. The zero-order valence-corrected chi connectivity index (χ0v) is 9.81. The third kappa shape index (κ3) is 4.14. The number of nitrogens with two attached hydrogens (primary N) is 1. The van der Waals surface area contributed by atoms with Gasteiger partial charge in [-0.05, 0) is 12.0 Å². The Balaban J connectivity index is 2.49. The number of carbonyl (C=O) groups excluding carboxylic acids is 1.